The van der Waals surface area contributed by atoms with Crippen LogP contribution in [0.1, 0.15) is 32.8 Å². The lowest BCUT2D eigenvalue weighted by Crippen LogP contribution is -2.28. The number of carbonyl (C=O) groups excluding carboxylic acids is 2. The van der Waals surface area contributed by atoms with Crippen LogP contribution in [0.15, 0.2) is 35.4 Å². The number of benzene rings is 1. The van der Waals surface area contributed by atoms with Gasteiger partial charge < -0.3 is 4.74 Å². The number of hydrazone groups is 1. The highest BCUT2D eigenvalue weighted by atomic mass is 16.5. The summed E-state index contributed by atoms with van der Waals surface area (Å²) < 4.78 is 4.99. The molecule has 1 rings (SSSR count). The highest BCUT2D eigenvalue weighted by Gasteiger charge is 2.21. The van der Waals surface area contributed by atoms with Crippen LogP contribution in [-0.4, -0.2) is 24.2 Å². The fourth-order valence-corrected chi connectivity index (χ4v) is 1.92. The molecule has 0 saturated carbocycles. The molecule has 1 atom stereocenters. The summed E-state index contributed by atoms with van der Waals surface area (Å²) in [6, 6.07) is 9.41. The summed E-state index contributed by atoms with van der Waals surface area (Å²) in [7, 11) is 0. The monoisotopic (exact) mass is 290 g/mol. The number of nitrogens with one attached hydrogen (secondary N) is 1. The number of esters is 1. The predicted molar refractivity (Wildman–Crippen MR) is 81.8 cm³/mol. The molecule has 0 aliphatic heterocycles. The van der Waals surface area contributed by atoms with Crippen molar-refractivity contribution >= 4 is 17.6 Å². The van der Waals surface area contributed by atoms with Crippen LogP contribution < -0.4 is 5.43 Å². The number of nitrogens with zero attached hydrogens (tertiary/aromatic N) is 1. The molecule has 114 valence electrons. The van der Waals surface area contributed by atoms with Gasteiger partial charge in [-0.15, -0.1) is 0 Å². The average molecular weight is 290 g/mol. The van der Waals surface area contributed by atoms with Gasteiger partial charge in [-0.05, 0) is 25.8 Å². The van der Waals surface area contributed by atoms with Crippen LogP contribution in [0.5, 0.6) is 0 Å². The summed E-state index contributed by atoms with van der Waals surface area (Å²) in [5, 5.41) is 4.01. The lowest BCUT2D eigenvalue weighted by Gasteiger charge is -2.13. The SMILES string of the molecule is CCOC(=O)C(CC)/C(C)=N\NC(=O)Cc1ccccc1. The number of amides is 1. The smallest absolute Gasteiger partial charge is 0.314 e. The minimum Gasteiger partial charge on any atom is -0.465 e. The van der Waals surface area contributed by atoms with Crippen LogP contribution in [0.4, 0.5) is 0 Å². The van der Waals surface area contributed by atoms with Crippen molar-refractivity contribution in [3.8, 4) is 0 Å². The Morgan fingerprint density at radius 2 is 1.90 bits per heavy atom. The van der Waals surface area contributed by atoms with E-state index < -0.39 is 5.92 Å². The van der Waals surface area contributed by atoms with E-state index in [-0.39, 0.29) is 18.3 Å². The molecule has 1 unspecified atom stereocenters. The van der Waals surface area contributed by atoms with Gasteiger partial charge >= 0.3 is 5.97 Å². The summed E-state index contributed by atoms with van der Waals surface area (Å²) >= 11 is 0. The van der Waals surface area contributed by atoms with Gasteiger partial charge in [-0.25, -0.2) is 5.43 Å². The summed E-state index contributed by atoms with van der Waals surface area (Å²) in [5.74, 6) is -0.931. The van der Waals surface area contributed by atoms with Crippen LogP contribution in [-0.2, 0) is 20.7 Å². The Hall–Kier alpha value is -2.17. The first-order chi connectivity index (χ1) is 10.1. The third-order valence-electron chi connectivity index (χ3n) is 3.05. The molecule has 0 bridgehead atoms. The van der Waals surface area contributed by atoms with Gasteiger partial charge in [0.05, 0.1) is 18.9 Å². The summed E-state index contributed by atoms with van der Waals surface area (Å²) in [5.41, 5.74) is 3.95. The molecule has 21 heavy (non-hydrogen) atoms. The zero-order chi connectivity index (χ0) is 15.7. The standard InChI is InChI=1S/C16H22N2O3/c1-4-14(16(20)21-5-2)12(3)17-18-15(19)11-13-9-7-6-8-10-13/h6-10,14H,4-5,11H2,1-3H3,(H,18,19)/b17-12-. The topological polar surface area (TPSA) is 67.8 Å². The van der Waals surface area contributed by atoms with Gasteiger partial charge in [0.15, 0.2) is 0 Å². The van der Waals surface area contributed by atoms with Crippen molar-refractivity contribution in [2.24, 2.45) is 11.0 Å². The van der Waals surface area contributed by atoms with Crippen molar-refractivity contribution in [1.29, 1.82) is 0 Å². The number of rotatable bonds is 7. The van der Waals surface area contributed by atoms with Crippen LogP contribution in [0.2, 0.25) is 0 Å². The highest BCUT2D eigenvalue weighted by molar-refractivity contribution is 6.01. The molecule has 1 N–H and O–H groups in total. The van der Waals surface area contributed by atoms with Crippen LogP contribution >= 0.6 is 0 Å². The maximum atomic E-state index is 11.8. The second kappa shape index (κ2) is 8.89. The molecule has 5 nitrogen and oxygen atoms in total. The van der Waals surface area contributed by atoms with Crippen LogP contribution in [0.3, 0.4) is 0 Å². The number of carbonyl (C=O) groups is 2. The first-order valence-corrected chi connectivity index (χ1v) is 7.12. The molecule has 0 aromatic heterocycles. The van der Waals surface area contributed by atoms with E-state index in [1.807, 2.05) is 37.3 Å². The highest BCUT2D eigenvalue weighted by Crippen LogP contribution is 2.08. The third-order valence-corrected chi connectivity index (χ3v) is 3.05. The van der Waals surface area contributed by atoms with Crippen LogP contribution in [0.25, 0.3) is 0 Å². The van der Waals surface area contributed by atoms with E-state index in [2.05, 4.69) is 10.5 Å². The Morgan fingerprint density at radius 3 is 2.48 bits per heavy atom. The van der Waals surface area contributed by atoms with Gasteiger partial charge in [-0.2, -0.15) is 5.10 Å². The molecule has 0 fully saturated rings. The van der Waals surface area contributed by atoms with Crippen molar-refractivity contribution in [3.63, 3.8) is 0 Å². The van der Waals surface area contributed by atoms with Crippen molar-refractivity contribution in [3.05, 3.63) is 35.9 Å². The molecular formula is C16H22N2O3. The van der Waals surface area contributed by atoms with Gasteiger partial charge in [-0.3, -0.25) is 9.59 Å². The Morgan fingerprint density at radius 1 is 1.24 bits per heavy atom. The fourth-order valence-electron chi connectivity index (χ4n) is 1.92. The lowest BCUT2D eigenvalue weighted by atomic mass is 10.0. The first kappa shape index (κ1) is 16.9. The van der Waals surface area contributed by atoms with Crippen molar-refractivity contribution in [2.75, 3.05) is 6.61 Å². The second-order valence-corrected chi connectivity index (χ2v) is 4.66. The van der Waals surface area contributed by atoms with Gasteiger partial charge in [-0.1, -0.05) is 37.3 Å². The average Bonchev–Trinajstić information content (AvgIpc) is 2.47. The normalized spacial score (nSPS) is 12.6. The largest absolute Gasteiger partial charge is 0.465 e. The molecule has 0 aliphatic rings. The van der Waals surface area contributed by atoms with Crippen molar-refractivity contribution in [2.45, 2.75) is 33.6 Å². The van der Waals surface area contributed by atoms with Crippen molar-refractivity contribution in [1.82, 2.24) is 5.43 Å². The Bertz CT molecular complexity index is 498. The maximum absolute atomic E-state index is 11.8. The fraction of sp³-hybridized carbons (Fsp3) is 0.438. The predicted octanol–water partition coefficient (Wildman–Crippen LogP) is 2.31. The number of ether oxygens (including phenoxy) is 1. The zero-order valence-corrected chi connectivity index (χ0v) is 12.8. The molecule has 1 amide bonds. The number of hydrogen-bond acceptors (Lipinski definition) is 4. The Labute approximate surface area is 125 Å². The minimum absolute atomic E-state index is 0.209. The Balaban J connectivity index is 2.57. The first-order valence-electron chi connectivity index (χ1n) is 7.12. The van der Waals surface area contributed by atoms with Gasteiger partial charge in [0, 0.05) is 5.71 Å². The minimum atomic E-state index is -0.415. The zero-order valence-electron chi connectivity index (χ0n) is 12.8. The second-order valence-electron chi connectivity index (χ2n) is 4.66. The van der Waals surface area contributed by atoms with E-state index >= 15 is 0 Å². The molecule has 0 radical (unpaired) electrons. The molecule has 5 heteroatoms. The van der Waals surface area contributed by atoms with E-state index in [0.29, 0.717) is 18.7 Å². The lowest BCUT2D eigenvalue weighted by molar-refractivity contribution is -0.145. The quantitative estimate of drug-likeness (QED) is 0.476. The summed E-state index contributed by atoms with van der Waals surface area (Å²) in [6.07, 6.45) is 0.844. The van der Waals surface area contributed by atoms with E-state index in [1.165, 1.54) is 0 Å². The van der Waals surface area contributed by atoms with E-state index in [4.69, 9.17) is 4.74 Å². The van der Waals surface area contributed by atoms with E-state index in [1.54, 1.807) is 13.8 Å². The molecule has 0 saturated heterocycles. The summed E-state index contributed by atoms with van der Waals surface area (Å²) in [4.78, 5) is 23.5. The van der Waals surface area contributed by atoms with E-state index in [9.17, 15) is 9.59 Å². The van der Waals surface area contributed by atoms with Gasteiger partial charge in [0.2, 0.25) is 5.91 Å². The third kappa shape index (κ3) is 5.77. The van der Waals surface area contributed by atoms with Gasteiger partial charge in [0.1, 0.15) is 0 Å². The molecule has 0 aliphatic carbocycles. The Kier molecular flexibility index (Phi) is 7.15. The number of hydrogen-bond donors (Lipinski definition) is 1. The maximum Gasteiger partial charge on any atom is 0.314 e. The van der Waals surface area contributed by atoms with Crippen LogP contribution in [0, 0.1) is 5.92 Å². The molecule has 1 aromatic rings. The van der Waals surface area contributed by atoms with Crippen molar-refractivity contribution < 1.29 is 14.3 Å². The van der Waals surface area contributed by atoms with Gasteiger partial charge in [0.25, 0.3) is 0 Å². The molecule has 0 spiro atoms. The van der Waals surface area contributed by atoms with E-state index in [0.717, 1.165) is 5.56 Å². The summed E-state index contributed by atoms with van der Waals surface area (Å²) in [6.45, 7) is 5.70. The molecular weight excluding hydrogens is 268 g/mol. The molecule has 1 aromatic carbocycles. The molecule has 0 heterocycles.